The lowest BCUT2D eigenvalue weighted by atomic mass is 9.95. The number of hydrogen-bond acceptors (Lipinski definition) is 6. The van der Waals surface area contributed by atoms with Gasteiger partial charge < -0.3 is 29.1 Å². The van der Waals surface area contributed by atoms with Crippen molar-refractivity contribution in [2.24, 2.45) is 11.8 Å². The Labute approximate surface area is 212 Å². The number of carboxylic acid groups (broad SMARTS) is 1. The minimum absolute atomic E-state index is 0.00428. The van der Waals surface area contributed by atoms with Crippen LogP contribution in [0, 0.1) is 17.7 Å². The van der Waals surface area contributed by atoms with Gasteiger partial charge in [-0.2, -0.15) is 0 Å². The summed E-state index contributed by atoms with van der Waals surface area (Å²) in [6.07, 6.45) is 0.870. The average molecular weight is 501 g/mol. The number of anilines is 2. The molecule has 0 bridgehead atoms. The van der Waals surface area contributed by atoms with Crippen LogP contribution in [-0.2, 0) is 9.53 Å². The summed E-state index contributed by atoms with van der Waals surface area (Å²) < 4.78 is 32.0. The number of nitrogens with zero attached hydrogens (tertiary/aromatic N) is 2. The second kappa shape index (κ2) is 11.4. The van der Waals surface area contributed by atoms with Crippen molar-refractivity contribution in [3.05, 3.63) is 48.3 Å². The Hall–Kier alpha value is -3.00. The van der Waals surface area contributed by atoms with Crippen LogP contribution in [0.4, 0.5) is 15.8 Å². The molecule has 2 aromatic rings. The van der Waals surface area contributed by atoms with Gasteiger partial charge in [0.25, 0.3) is 0 Å². The van der Waals surface area contributed by atoms with Gasteiger partial charge in [0.05, 0.1) is 24.8 Å². The molecule has 7 nitrogen and oxygen atoms in total. The molecule has 0 unspecified atom stereocenters. The van der Waals surface area contributed by atoms with E-state index in [1.54, 1.807) is 19.2 Å². The number of benzene rings is 2. The lowest BCUT2D eigenvalue weighted by Gasteiger charge is -2.38. The molecule has 0 radical (unpaired) electrons. The summed E-state index contributed by atoms with van der Waals surface area (Å²) in [6, 6.07) is 12.7. The van der Waals surface area contributed by atoms with Crippen molar-refractivity contribution in [3.8, 4) is 11.5 Å². The summed E-state index contributed by atoms with van der Waals surface area (Å²) in [5.41, 5.74) is 1.54. The van der Waals surface area contributed by atoms with Crippen LogP contribution in [0.25, 0.3) is 0 Å². The van der Waals surface area contributed by atoms with Crippen molar-refractivity contribution < 1.29 is 28.5 Å². The second-order valence-electron chi connectivity index (χ2n) is 9.86. The van der Waals surface area contributed by atoms with E-state index in [0.717, 1.165) is 17.9 Å². The SMILES string of the molecule is CCOc1ccc(F)c(N2CC[C@@H](Oc3ccc(N4C[C@H](OC)[C@@H](C)[C@@H]4CC(=O)O)cc3)[C@H](C)C2)c1. The molecule has 8 heteroatoms. The quantitative estimate of drug-likeness (QED) is 0.529. The van der Waals surface area contributed by atoms with Gasteiger partial charge in [-0.1, -0.05) is 13.8 Å². The molecule has 2 aliphatic rings. The first kappa shape index (κ1) is 26.1. The van der Waals surface area contributed by atoms with E-state index in [9.17, 15) is 14.3 Å². The van der Waals surface area contributed by atoms with Gasteiger partial charge in [-0.3, -0.25) is 4.79 Å². The molecule has 2 aromatic carbocycles. The molecule has 0 aliphatic carbocycles. The highest BCUT2D eigenvalue weighted by Crippen LogP contribution is 2.35. The van der Waals surface area contributed by atoms with E-state index in [1.165, 1.54) is 6.07 Å². The molecule has 2 aliphatic heterocycles. The maximum atomic E-state index is 14.5. The van der Waals surface area contributed by atoms with E-state index in [0.29, 0.717) is 37.7 Å². The van der Waals surface area contributed by atoms with Crippen LogP contribution >= 0.6 is 0 Å². The molecule has 2 saturated heterocycles. The first-order valence-electron chi connectivity index (χ1n) is 12.8. The van der Waals surface area contributed by atoms with Gasteiger partial charge in [-0.15, -0.1) is 0 Å². The van der Waals surface area contributed by atoms with Crippen molar-refractivity contribution >= 4 is 17.3 Å². The molecular formula is C28H37FN2O5. The summed E-state index contributed by atoms with van der Waals surface area (Å²) in [7, 11) is 1.68. The van der Waals surface area contributed by atoms with E-state index in [4.69, 9.17) is 14.2 Å². The largest absolute Gasteiger partial charge is 0.494 e. The number of aliphatic carboxylic acids is 1. The second-order valence-corrected chi connectivity index (χ2v) is 9.86. The number of piperidine rings is 1. The van der Waals surface area contributed by atoms with Crippen LogP contribution in [0.3, 0.4) is 0 Å². The van der Waals surface area contributed by atoms with Crippen molar-refractivity contribution in [1.29, 1.82) is 0 Å². The molecule has 0 amide bonds. The monoisotopic (exact) mass is 500 g/mol. The van der Waals surface area contributed by atoms with Crippen LogP contribution in [-0.4, -0.2) is 62.7 Å². The predicted octanol–water partition coefficient (Wildman–Crippen LogP) is 4.83. The maximum absolute atomic E-state index is 14.5. The van der Waals surface area contributed by atoms with Gasteiger partial charge in [-0.25, -0.2) is 4.39 Å². The van der Waals surface area contributed by atoms with E-state index < -0.39 is 5.97 Å². The van der Waals surface area contributed by atoms with E-state index in [2.05, 4.69) is 16.7 Å². The van der Waals surface area contributed by atoms with Crippen molar-refractivity contribution in [3.63, 3.8) is 0 Å². The highest BCUT2D eigenvalue weighted by molar-refractivity contribution is 5.69. The molecule has 4 rings (SSSR count). The fourth-order valence-corrected chi connectivity index (χ4v) is 5.49. The number of rotatable bonds is 9. The molecule has 5 atom stereocenters. The molecule has 0 spiro atoms. The lowest BCUT2D eigenvalue weighted by Crippen LogP contribution is -2.44. The average Bonchev–Trinajstić information content (AvgIpc) is 3.17. The first-order valence-corrected chi connectivity index (χ1v) is 12.8. The number of carbonyl (C=O) groups is 1. The lowest BCUT2D eigenvalue weighted by molar-refractivity contribution is -0.137. The van der Waals surface area contributed by atoms with Gasteiger partial charge in [0.2, 0.25) is 0 Å². The molecular weight excluding hydrogens is 463 g/mol. The van der Waals surface area contributed by atoms with Gasteiger partial charge in [0.1, 0.15) is 23.4 Å². The van der Waals surface area contributed by atoms with Crippen LogP contribution in [0.1, 0.15) is 33.6 Å². The molecule has 2 fully saturated rings. The summed E-state index contributed by atoms with van der Waals surface area (Å²) in [4.78, 5) is 15.6. The van der Waals surface area contributed by atoms with Crippen LogP contribution in [0.5, 0.6) is 11.5 Å². The number of ether oxygens (including phenoxy) is 3. The third-order valence-electron chi connectivity index (χ3n) is 7.51. The Morgan fingerprint density at radius 3 is 2.44 bits per heavy atom. The van der Waals surface area contributed by atoms with E-state index >= 15 is 0 Å². The smallest absolute Gasteiger partial charge is 0.305 e. The van der Waals surface area contributed by atoms with Crippen LogP contribution < -0.4 is 19.3 Å². The summed E-state index contributed by atoms with van der Waals surface area (Å²) in [6.45, 7) is 8.68. The topological polar surface area (TPSA) is 71.5 Å². The molecule has 1 N–H and O–H groups in total. The van der Waals surface area contributed by atoms with Crippen LogP contribution in [0.2, 0.25) is 0 Å². The van der Waals surface area contributed by atoms with Crippen molar-refractivity contribution in [1.82, 2.24) is 0 Å². The molecule has 0 aromatic heterocycles. The molecule has 36 heavy (non-hydrogen) atoms. The van der Waals surface area contributed by atoms with E-state index in [-0.39, 0.29) is 42.3 Å². The highest BCUT2D eigenvalue weighted by Gasteiger charge is 2.40. The third-order valence-corrected chi connectivity index (χ3v) is 7.51. The standard InChI is InChI=1S/C28H37FN2O5/c1-5-35-22-10-11-23(29)25(14-22)30-13-12-26(18(2)16-30)36-21-8-6-20(7-9-21)31-17-27(34-4)19(3)24(31)15-28(32)33/h6-11,14,18-19,24,26-27H,5,12-13,15-17H2,1-4H3,(H,32,33)/t18-,19+,24+,26-,27+/m1/s1. The van der Waals surface area contributed by atoms with Gasteiger partial charge in [-0.05, 0) is 43.3 Å². The highest BCUT2D eigenvalue weighted by atomic mass is 19.1. The zero-order valence-electron chi connectivity index (χ0n) is 21.5. The molecule has 2 heterocycles. The predicted molar refractivity (Wildman–Crippen MR) is 138 cm³/mol. The Morgan fingerprint density at radius 1 is 1.08 bits per heavy atom. The maximum Gasteiger partial charge on any atom is 0.305 e. The zero-order chi connectivity index (χ0) is 25.8. The number of carboxylic acids is 1. The fourth-order valence-electron chi connectivity index (χ4n) is 5.49. The Balaban J connectivity index is 1.39. The van der Waals surface area contributed by atoms with Gasteiger partial charge in [0, 0.05) is 62.8 Å². The first-order chi connectivity index (χ1) is 17.3. The van der Waals surface area contributed by atoms with Crippen molar-refractivity contribution in [2.75, 3.05) is 43.2 Å². The minimum Gasteiger partial charge on any atom is -0.494 e. The van der Waals surface area contributed by atoms with Crippen LogP contribution in [0.15, 0.2) is 42.5 Å². The summed E-state index contributed by atoms with van der Waals surface area (Å²) in [5.74, 6) is 0.725. The van der Waals surface area contributed by atoms with Gasteiger partial charge in [0.15, 0.2) is 0 Å². The van der Waals surface area contributed by atoms with Gasteiger partial charge >= 0.3 is 5.97 Å². The number of hydrogen-bond donors (Lipinski definition) is 1. The number of methoxy groups -OCH3 is 1. The molecule has 196 valence electrons. The summed E-state index contributed by atoms with van der Waals surface area (Å²) >= 11 is 0. The zero-order valence-corrected chi connectivity index (χ0v) is 21.5. The van der Waals surface area contributed by atoms with E-state index in [1.807, 2.05) is 38.1 Å². The minimum atomic E-state index is -0.807. The summed E-state index contributed by atoms with van der Waals surface area (Å²) in [5, 5.41) is 9.39. The molecule has 0 saturated carbocycles. The Morgan fingerprint density at radius 2 is 1.81 bits per heavy atom. The Bertz CT molecular complexity index is 1030. The fraction of sp³-hybridized carbons (Fsp3) is 0.536. The van der Waals surface area contributed by atoms with Crippen molar-refractivity contribution in [2.45, 2.75) is 51.9 Å². The Kier molecular flexibility index (Phi) is 8.24. The normalized spacial score (nSPS) is 26.2. The number of halogens is 1. The third kappa shape index (κ3) is 5.69.